The SMILES string of the molecule is c1ccc(-c2ccc(N(c3ccc(-c4ccccc4)cc3)c3ccc(-c4ccc5c(c4)c4ccccc4c4c6ccc(N(c7ccccc7)c7ccccc7)cc6oc54)cc3)cc2)cc1.c1ccc(N(c2ccccc2)c2ccc3c(c2)oc2c4ccc(-c5ccc(N(c6ccccc6)c6cccc7ccccc67)cc5)cc4c4ccccc4c32)cc1. The highest BCUT2D eigenvalue weighted by atomic mass is 16.3. The van der Waals surface area contributed by atoms with Crippen molar-refractivity contribution in [3.63, 3.8) is 0 Å². The highest BCUT2D eigenvalue weighted by Gasteiger charge is 2.24. The minimum Gasteiger partial charge on any atom is -0.455 e. The number of rotatable bonds is 16. The van der Waals surface area contributed by atoms with E-state index in [1.54, 1.807) is 0 Å². The summed E-state index contributed by atoms with van der Waals surface area (Å²) in [5.41, 5.74) is 26.1. The Morgan fingerprint density at radius 1 is 0.139 bits per heavy atom. The second kappa shape index (κ2) is 31.3. The van der Waals surface area contributed by atoms with Crippen molar-refractivity contribution in [2.45, 2.75) is 0 Å². The third-order valence-electron chi connectivity index (χ3n) is 23.8. The molecule has 2 aromatic heterocycles. The van der Waals surface area contributed by atoms with E-state index in [2.05, 4.69) is 493 Å². The Hall–Kier alpha value is -16.3. The molecular weight excluding hydrogens is 1480 g/mol. The lowest BCUT2D eigenvalue weighted by Crippen LogP contribution is -2.10. The van der Waals surface area contributed by atoms with Gasteiger partial charge in [0, 0.05) is 112 Å². The first kappa shape index (κ1) is 72.2. The van der Waals surface area contributed by atoms with Crippen molar-refractivity contribution in [2.75, 3.05) is 19.6 Å². The van der Waals surface area contributed by atoms with Crippen LogP contribution in [-0.2, 0) is 0 Å². The molecule has 0 aliphatic heterocycles. The molecule has 23 rings (SSSR count). The molecule has 23 aromatic rings. The van der Waals surface area contributed by atoms with Crippen molar-refractivity contribution in [3.05, 3.63) is 473 Å². The maximum atomic E-state index is 6.94. The van der Waals surface area contributed by atoms with Crippen molar-refractivity contribution in [2.24, 2.45) is 0 Å². The molecule has 0 aliphatic rings. The summed E-state index contributed by atoms with van der Waals surface area (Å²) in [6, 6.07) is 169. The first-order valence-corrected chi connectivity index (χ1v) is 41.6. The van der Waals surface area contributed by atoms with Gasteiger partial charge in [-0.1, -0.05) is 297 Å². The van der Waals surface area contributed by atoms with Crippen LogP contribution in [0.2, 0.25) is 0 Å². The average molecular weight is 1560 g/mol. The molecule has 6 heteroatoms. The summed E-state index contributed by atoms with van der Waals surface area (Å²) < 4.78 is 13.8. The van der Waals surface area contributed by atoms with E-state index in [1.807, 2.05) is 0 Å². The van der Waals surface area contributed by atoms with Crippen LogP contribution in [0, 0.1) is 0 Å². The Morgan fingerprint density at radius 2 is 0.393 bits per heavy atom. The molecule has 0 bridgehead atoms. The predicted octanol–water partition coefficient (Wildman–Crippen LogP) is 33.5. The number of para-hydroxylation sites is 5. The smallest absolute Gasteiger partial charge is 0.143 e. The summed E-state index contributed by atoms with van der Waals surface area (Å²) in [5.74, 6) is 0. The lowest BCUT2D eigenvalue weighted by Gasteiger charge is -2.27. The van der Waals surface area contributed by atoms with Crippen LogP contribution >= 0.6 is 0 Å². The molecule has 0 spiro atoms. The van der Waals surface area contributed by atoms with E-state index < -0.39 is 0 Å². The average Bonchev–Trinajstić information content (AvgIpc) is 1.53. The van der Waals surface area contributed by atoms with Crippen LogP contribution in [0.25, 0.3) is 142 Å². The molecule has 0 aliphatic carbocycles. The first-order valence-electron chi connectivity index (χ1n) is 41.6. The Bertz CT molecular complexity index is 7590. The predicted molar refractivity (Wildman–Crippen MR) is 515 cm³/mol. The number of benzene rings is 21. The second-order valence-corrected chi connectivity index (χ2v) is 31.0. The Morgan fingerprint density at radius 3 is 0.770 bits per heavy atom. The van der Waals surface area contributed by atoms with Gasteiger partial charge in [-0.25, -0.2) is 0 Å². The fourth-order valence-corrected chi connectivity index (χ4v) is 18.1. The van der Waals surface area contributed by atoms with Gasteiger partial charge in [-0.2, -0.15) is 0 Å². The quantitative estimate of drug-likeness (QED) is 0.0898. The van der Waals surface area contributed by atoms with Crippen LogP contribution in [0.1, 0.15) is 0 Å². The molecule has 0 radical (unpaired) electrons. The fraction of sp³-hybridized carbons (Fsp3) is 0. The number of hydrogen-bond acceptors (Lipinski definition) is 6. The molecule has 0 unspecified atom stereocenters. The molecular formula is C116H78N4O2. The fourth-order valence-electron chi connectivity index (χ4n) is 18.1. The lowest BCUT2D eigenvalue weighted by molar-refractivity contribution is 0.672. The lowest BCUT2D eigenvalue weighted by atomic mass is 9.94. The van der Waals surface area contributed by atoms with Gasteiger partial charge in [0.15, 0.2) is 0 Å². The normalized spacial score (nSPS) is 11.4. The largest absolute Gasteiger partial charge is 0.455 e. The zero-order valence-corrected chi connectivity index (χ0v) is 66.6. The van der Waals surface area contributed by atoms with Gasteiger partial charge >= 0.3 is 0 Å². The molecule has 0 saturated heterocycles. The monoisotopic (exact) mass is 1560 g/mol. The summed E-state index contributed by atoms with van der Waals surface area (Å²) in [5, 5.41) is 16.3. The van der Waals surface area contributed by atoms with Crippen molar-refractivity contribution in [3.8, 4) is 44.5 Å². The van der Waals surface area contributed by atoms with Gasteiger partial charge in [0.05, 0.1) is 5.69 Å². The number of fused-ring (bicyclic) bond motifs is 17. The van der Waals surface area contributed by atoms with Gasteiger partial charge in [-0.3, -0.25) is 0 Å². The second-order valence-electron chi connectivity index (χ2n) is 31.0. The third-order valence-corrected chi connectivity index (χ3v) is 23.8. The van der Waals surface area contributed by atoms with Crippen molar-refractivity contribution in [1.29, 1.82) is 0 Å². The maximum absolute atomic E-state index is 6.94. The van der Waals surface area contributed by atoms with Crippen LogP contribution in [0.15, 0.2) is 482 Å². The molecule has 0 amide bonds. The standard InChI is InChI=1S/C62H42N2O.C54H36N2O/c1-5-15-43(16-6-1)45-25-32-51(33-26-45)63(52-34-27-46(28-35-52)44-17-7-2-8-18-44)53-36-29-47(30-37-53)48-31-39-57-59(41-48)55-23-13-14-24-56(55)61-58-40-38-54(42-60(58)65-62(57)61)64(49-19-9-3-10-20-49)50-21-11-4-12-22-50;1-4-17-40(18-5-1)55(41-19-6-2-7-20-41)44-32-34-49-52(36-44)57-54-48-33-29-39(35-50(48)46-24-12-13-25-47(46)53(49)54)37-27-30-43(31-28-37)56(42-21-8-3-9-22-42)51-26-14-16-38-15-10-11-23-45(38)51/h1-42H;1-36H. The van der Waals surface area contributed by atoms with Crippen LogP contribution in [0.3, 0.4) is 0 Å². The maximum Gasteiger partial charge on any atom is 0.143 e. The van der Waals surface area contributed by atoms with E-state index in [0.717, 1.165) is 145 Å². The molecule has 6 nitrogen and oxygen atoms in total. The molecule has 21 aromatic carbocycles. The van der Waals surface area contributed by atoms with E-state index in [1.165, 1.54) is 65.3 Å². The van der Waals surface area contributed by atoms with Crippen molar-refractivity contribution in [1.82, 2.24) is 0 Å². The molecule has 0 fully saturated rings. The van der Waals surface area contributed by atoms with Crippen molar-refractivity contribution >= 4 is 166 Å². The zero-order chi connectivity index (χ0) is 80.8. The molecule has 574 valence electrons. The van der Waals surface area contributed by atoms with E-state index in [-0.39, 0.29) is 0 Å². The zero-order valence-electron chi connectivity index (χ0n) is 66.6. The summed E-state index contributed by atoms with van der Waals surface area (Å²) in [7, 11) is 0. The van der Waals surface area contributed by atoms with E-state index in [0.29, 0.717) is 0 Å². The summed E-state index contributed by atoms with van der Waals surface area (Å²) >= 11 is 0. The summed E-state index contributed by atoms with van der Waals surface area (Å²) in [4.78, 5) is 9.25. The van der Waals surface area contributed by atoms with E-state index in [9.17, 15) is 0 Å². The number of furan rings is 2. The number of anilines is 12. The molecule has 0 N–H and O–H groups in total. The number of nitrogens with zero attached hydrogens (tertiary/aromatic N) is 4. The van der Waals surface area contributed by atoms with Crippen LogP contribution < -0.4 is 19.6 Å². The van der Waals surface area contributed by atoms with E-state index in [4.69, 9.17) is 8.83 Å². The van der Waals surface area contributed by atoms with Gasteiger partial charge in [0.2, 0.25) is 0 Å². The molecule has 0 atom stereocenters. The third kappa shape index (κ3) is 13.3. The highest BCUT2D eigenvalue weighted by molar-refractivity contribution is 6.32. The van der Waals surface area contributed by atoms with Crippen LogP contribution in [0.4, 0.5) is 68.2 Å². The van der Waals surface area contributed by atoms with Gasteiger partial charge in [0.1, 0.15) is 22.3 Å². The molecule has 0 saturated carbocycles. The number of hydrogen-bond donors (Lipinski definition) is 0. The summed E-state index contributed by atoms with van der Waals surface area (Å²) in [6.07, 6.45) is 0. The Kier molecular flexibility index (Phi) is 18.5. The van der Waals surface area contributed by atoms with Gasteiger partial charge < -0.3 is 28.4 Å². The highest BCUT2D eigenvalue weighted by Crippen LogP contribution is 2.49. The van der Waals surface area contributed by atoms with Crippen LogP contribution in [0.5, 0.6) is 0 Å². The van der Waals surface area contributed by atoms with Crippen molar-refractivity contribution < 1.29 is 8.83 Å². The minimum absolute atomic E-state index is 0.862. The Labute approximate surface area is 707 Å². The van der Waals surface area contributed by atoms with Crippen LogP contribution in [-0.4, -0.2) is 0 Å². The topological polar surface area (TPSA) is 39.2 Å². The van der Waals surface area contributed by atoms with Gasteiger partial charge in [0.25, 0.3) is 0 Å². The molecule has 122 heavy (non-hydrogen) atoms. The van der Waals surface area contributed by atoms with E-state index >= 15 is 0 Å². The Balaban J connectivity index is 0.000000147. The van der Waals surface area contributed by atoms with Gasteiger partial charge in [-0.15, -0.1) is 0 Å². The first-order chi connectivity index (χ1) is 60.5. The summed E-state index contributed by atoms with van der Waals surface area (Å²) in [6.45, 7) is 0. The van der Waals surface area contributed by atoms with Gasteiger partial charge in [-0.05, 0) is 246 Å². The molecule has 2 heterocycles. The minimum atomic E-state index is 0.862.